The van der Waals surface area contributed by atoms with Gasteiger partial charge in [-0.2, -0.15) is 0 Å². The summed E-state index contributed by atoms with van der Waals surface area (Å²) in [6.07, 6.45) is 2.28. The van der Waals surface area contributed by atoms with Crippen molar-refractivity contribution in [2.75, 3.05) is 19.0 Å². The number of rotatable bonds is 4. The molecule has 112 valence electrons. The fraction of sp³-hybridized carbons (Fsp3) is 0.333. The van der Waals surface area contributed by atoms with E-state index in [1.54, 1.807) is 0 Å². The van der Waals surface area contributed by atoms with Crippen LogP contribution < -0.4 is 10.6 Å². The number of hydrogen-bond donors (Lipinski definition) is 2. The van der Waals surface area contributed by atoms with Crippen LogP contribution in [-0.2, 0) is 23.0 Å². The standard InChI is InChI=1S/C15H19N3O3/c1-10(19)16-7-6-11-9-18(2)14-5-4-12(8-13(11)14)17-15(20)21-3/h4-5,8-9H,6-7H2,1-3H3,(H,16,19)(H,17,20). The molecule has 1 aromatic heterocycles. The maximum absolute atomic E-state index is 11.3. The summed E-state index contributed by atoms with van der Waals surface area (Å²) in [4.78, 5) is 22.2. The van der Waals surface area contributed by atoms with Gasteiger partial charge in [-0.05, 0) is 30.2 Å². The maximum Gasteiger partial charge on any atom is 0.411 e. The summed E-state index contributed by atoms with van der Waals surface area (Å²) in [5.74, 6) is -0.0386. The van der Waals surface area contributed by atoms with Crippen LogP contribution in [0.5, 0.6) is 0 Å². The van der Waals surface area contributed by atoms with E-state index >= 15 is 0 Å². The molecule has 0 unspecified atom stereocenters. The van der Waals surface area contributed by atoms with Gasteiger partial charge in [-0.25, -0.2) is 4.79 Å². The largest absolute Gasteiger partial charge is 0.453 e. The lowest BCUT2D eigenvalue weighted by Crippen LogP contribution is -2.22. The highest BCUT2D eigenvalue weighted by Gasteiger charge is 2.09. The number of methoxy groups -OCH3 is 1. The number of fused-ring (bicyclic) bond motifs is 1. The number of aryl methyl sites for hydroxylation is 1. The topological polar surface area (TPSA) is 72.4 Å². The van der Waals surface area contributed by atoms with Gasteiger partial charge in [0, 0.05) is 43.3 Å². The van der Waals surface area contributed by atoms with Crippen LogP contribution in [0.15, 0.2) is 24.4 Å². The van der Waals surface area contributed by atoms with Crippen LogP contribution in [0.4, 0.5) is 10.5 Å². The Kier molecular flexibility index (Phi) is 4.47. The lowest BCUT2D eigenvalue weighted by Gasteiger charge is -2.05. The van der Waals surface area contributed by atoms with Gasteiger partial charge in [-0.1, -0.05) is 0 Å². The Morgan fingerprint density at radius 3 is 2.76 bits per heavy atom. The van der Waals surface area contributed by atoms with Gasteiger partial charge in [0.25, 0.3) is 0 Å². The van der Waals surface area contributed by atoms with Crippen LogP contribution in [0.1, 0.15) is 12.5 Å². The fourth-order valence-electron chi connectivity index (χ4n) is 2.29. The first-order valence-electron chi connectivity index (χ1n) is 6.68. The van der Waals surface area contributed by atoms with Gasteiger partial charge in [0.15, 0.2) is 0 Å². The van der Waals surface area contributed by atoms with E-state index in [0.717, 1.165) is 22.9 Å². The van der Waals surface area contributed by atoms with Gasteiger partial charge >= 0.3 is 6.09 Å². The lowest BCUT2D eigenvalue weighted by atomic mass is 10.1. The number of nitrogens with one attached hydrogen (secondary N) is 2. The number of carbonyl (C=O) groups excluding carboxylic acids is 2. The summed E-state index contributed by atoms with van der Waals surface area (Å²) in [5, 5.41) is 6.49. The summed E-state index contributed by atoms with van der Waals surface area (Å²) < 4.78 is 6.62. The van der Waals surface area contributed by atoms with E-state index < -0.39 is 6.09 Å². The molecule has 6 nitrogen and oxygen atoms in total. The van der Waals surface area contributed by atoms with Gasteiger partial charge in [0.2, 0.25) is 5.91 Å². The average Bonchev–Trinajstić information content (AvgIpc) is 2.75. The van der Waals surface area contributed by atoms with Crippen LogP contribution in [-0.4, -0.2) is 30.2 Å². The van der Waals surface area contributed by atoms with E-state index in [1.807, 2.05) is 36.0 Å². The van der Waals surface area contributed by atoms with Crippen molar-refractivity contribution in [2.24, 2.45) is 7.05 Å². The first-order chi connectivity index (χ1) is 10.0. The first kappa shape index (κ1) is 14.9. The first-order valence-corrected chi connectivity index (χ1v) is 6.68. The van der Waals surface area contributed by atoms with E-state index in [2.05, 4.69) is 15.4 Å². The van der Waals surface area contributed by atoms with Crippen molar-refractivity contribution in [2.45, 2.75) is 13.3 Å². The molecule has 0 saturated carbocycles. The summed E-state index contributed by atoms with van der Waals surface area (Å²) in [6.45, 7) is 2.09. The SMILES string of the molecule is COC(=O)Nc1ccc2c(c1)c(CCNC(C)=O)cn2C. The lowest BCUT2D eigenvalue weighted by molar-refractivity contribution is -0.118. The summed E-state index contributed by atoms with van der Waals surface area (Å²) >= 11 is 0. The highest BCUT2D eigenvalue weighted by Crippen LogP contribution is 2.24. The van der Waals surface area contributed by atoms with Crippen LogP contribution in [0, 0.1) is 0 Å². The number of ether oxygens (including phenoxy) is 1. The zero-order valence-electron chi connectivity index (χ0n) is 12.4. The molecular formula is C15H19N3O3. The Balaban J connectivity index is 2.26. The molecule has 0 bridgehead atoms. The molecule has 2 N–H and O–H groups in total. The van der Waals surface area contributed by atoms with E-state index in [9.17, 15) is 9.59 Å². The third kappa shape index (κ3) is 3.53. The Morgan fingerprint density at radius 1 is 1.33 bits per heavy atom. The molecule has 0 spiro atoms. The Bertz CT molecular complexity index is 676. The van der Waals surface area contributed by atoms with Gasteiger partial charge in [-0.15, -0.1) is 0 Å². The minimum absolute atomic E-state index is 0.0386. The zero-order valence-corrected chi connectivity index (χ0v) is 12.4. The van der Waals surface area contributed by atoms with Crippen molar-refractivity contribution < 1.29 is 14.3 Å². The highest BCUT2D eigenvalue weighted by atomic mass is 16.5. The zero-order chi connectivity index (χ0) is 15.4. The Labute approximate surface area is 123 Å². The van der Waals surface area contributed by atoms with Crippen molar-refractivity contribution in [3.8, 4) is 0 Å². The van der Waals surface area contributed by atoms with Gasteiger partial charge in [0.05, 0.1) is 7.11 Å². The Morgan fingerprint density at radius 2 is 2.10 bits per heavy atom. The molecule has 2 aromatic rings. The van der Waals surface area contributed by atoms with Gasteiger partial charge < -0.3 is 14.6 Å². The van der Waals surface area contributed by atoms with Crippen molar-refractivity contribution >= 4 is 28.6 Å². The summed E-state index contributed by atoms with van der Waals surface area (Å²) in [7, 11) is 3.30. The molecular weight excluding hydrogens is 270 g/mol. The quantitative estimate of drug-likeness (QED) is 0.904. The molecule has 0 saturated heterocycles. The molecule has 0 atom stereocenters. The minimum Gasteiger partial charge on any atom is -0.453 e. The molecule has 1 heterocycles. The van der Waals surface area contributed by atoms with Crippen molar-refractivity contribution in [3.05, 3.63) is 30.0 Å². The van der Waals surface area contributed by atoms with E-state index in [-0.39, 0.29) is 5.91 Å². The monoisotopic (exact) mass is 289 g/mol. The number of aromatic nitrogens is 1. The second-order valence-electron chi connectivity index (χ2n) is 4.85. The fourth-order valence-corrected chi connectivity index (χ4v) is 2.29. The predicted molar refractivity (Wildman–Crippen MR) is 81.3 cm³/mol. The van der Waals surface area contributed by atoms with Crippen LogP contribution in [0.25, 0.3) is 10.9 Å². The number of benzene rings is 1. The summed E-state index contributed by atoms with van der Waals surface area (Å²) in [5.41, 5.74) is 2.87. The molecule has 2 rings (SSSR count). The normalized spacial score (nSPS) is 10.4. The molecule has 0 radical (unpaired) electrons. The number of hydrogen-bond acceptors (Lipinski definition) is 3. The second kappa shape index (κ2) is 6.30. The smallest absolute Gasteiger partial charge is 0.411 e. The molecule has 2 amide bonds. The highest BCUT2D eigenvalue weighted by molar-refractivity contribution is 5.92. The average molecular weight is 289 g/mol. The maximum atomic E-state index is 11.3. The summed E-state index contributed by atoms with van der Waals surface area (Å²) in [6, 6.07) is 5.69. The number of amides is 2. The van der Waals surface area contributed by atoms with E-state index in [0.29, 0.717) is 12.2 Å². The van der Waals surface area contributed by atoms with Crippen LogP contribution >= 0.6 is 0 Å². The molecule has 0 fully saturated rings. The Hall–Kier alpha value is -2.50. The third-order valence-electron chi connectivity index (χ3n) is 3.27. The van der Waals surface area contributed by atoms with Crippen molar-refractivity contribution in [3.63, 3.8) is 0 Å². The number of nitrogens with zero attached hydrogens (tertiary/aromatic N) is 1. The second-order valence-corrected chi connectivity index (χ2v) is 4.85. The van der Waals surface area contributed by atoms with Gasteiger partial charge in [-0.3, -0.25) is 10.1 Å². The molecule has 0 aliphatic rings. The van der Waals surface area contributed by atoms with Crippen LogP contribution in [0.2, 0.25) is 0 Å². The van der Waals surface area contributed by atoms with E-state index in [1.165, 1.54) is 14.0 Å². The molecule has 0 aliphatic heterocycles. The van der Waals surface area contributed by atoms with E-state index in [4.69, 9.17) is 0 Å². The van der Waals surface area contributed by atoms with Crippen molar-refractivity contribution in [1.29, 1.82) is 0 Å². The molecule has 0 aliphatic carbocycles. The molecule has 1 aromatic carbocycles. The minimum atomic E-state index is -0.495. The number of anilines is 1. The van der Waals surface area contributed by atoms with Crippen LogP contribution in [0.3, 0.4) is 0 Å². The van der Waals surface area contributed by atoms with Gasteiger partial charge in [0.1, 0.15) is 0 Å². The molecule has 21 heavy (non-hydrogen) atoms. The van der Waals surface area contributed by atoms with Crippen molar-refractivity contribution in [1.82, 2.24) is 9.88 Å². The number of carbonyl (C=O) groups is 2. The third-order valence-corrected chi connectivity index (χ3v) is 3.27. The molecule has 6 heteroatoms. The predicted octanol–water partition coefficient (Wildman–Crippen LogP) is 2.04.